The van der Waals surface area contributed by atoms with E-state index in [9.17, 15) is 4.79 Å². The minimum atomic E-state index is -0.0606. The molecule has 0 unspecified atom stereocenters. The van der Waals surface area contributed by atoms with E-state index in [4.69, 9.17) is 9.15 Å². The summed E-state index contributed by atoms with van der Waals surface area (Å²) in [5.74, 6) is 1.49. The Labute approximate surface area is 111 Å². The van der Waals surface area contributed by atoms with Crippen LogP contribution in [0, 0.1) is 0 Å². The van der Waals surface area contributed by atoms with Crippen molar-refractivity contribution in [3.63, 3.8) is 0 Å². The van der Waals surface area contributed by atoms with Gasteiger partial charge in [0.25, 0.3) is 0 Å². The van der Waals surface area contributed by atoms with Crippen LogP contribution in [0.2, 0.25) is 0 Å². The highest BCUT2D eigenvalue weighted by atomic mass is 16.5. The number of ether oxygens (including phenoxy) is 1. The van der Waals surface area contributed by atoms with Gasteiger partial charge < -0.3 is 14.5 Å². The molecule has 0 atom stereocenters. The van der Waals surface area contributed by atoms with Crippen molar-refractivity contribution in [1.29, 1.82) is 0 Å². The quantitative estimate of drug-likeness (QED) is 0.638. The van der Waals surface area contributed by atoms with Crippen LogP contribution >= 0.6 is 0 Å². The Morgan fingerprint density at radius 3 is 2.74 bits per heavy atom. The molecule has 1 aromatic carbocycles. The van der Waals surface area contributed by atoms with E-state index < -0.39 is 0 Å². The van der Waals surface area contributed by atoms with Crippen LogP contribution in [0.3, 0.4) is 0 Å². The van der Waals surface area contributed by atoms with Crippen LogP contribution in [0.25, 0.3) is 0 Å². The van der Waals surface area contributed by atoms with Gasteiger partial charge >= 0.3 is 0 Å². The zero-order chi connectivity index (χ0) is 13.5. The van der Waals surface area contributed by atoms with Gasteiger partial charge in [-0.2, -0.15) is 0 Å². The molecule has 98 valence electrons. The summed E-state index contributed by atoms with van der Waals surface area (Å²) in [6.45, 7) is 0.555. The first-order chi connectivity index (χ1) is 9.29. The summed E-state index contributed by atoms with van der Waals surface area (Å²) in [6, 6.07) is 10.7. The van der Waals surface area contributed by atoms with Gasteiger partial charge in [-0.05, 0) is 36.4 Å². The van der Waals surface area contributed by atoms with Crippen molar-refractivity contribution in [3.05, 3.63) is 66.3 Å². The number of carbonyl (C=O) groups is 1. The molecule has 0 saturated carbocycles. The number of allylic oxidation sites excluding steroid dienone is 1. The van der Waals surface area contributed by atoms with E-state index in [1.807, 2.05) is 12.1 Å². The Morgan fingerprint density at radius 1 is 1.32 bits per heavy atom. The Bertz CT molecular complexity index is 541. The zero-order valence-corrected chi connectivity index (χ0v) is 10.6. The second-order valence-electron chi connectivity index (χ2n) is 3.89. The molecule has 1 heterocycles. The lowest BCUT2D eigenvalue weighted by Gasteiger charge is -2.00. The van der Waals surface area contributed by atoms with Gasteiger partial charge in [0.1, 0.15) is 11.5 Å². The number of ketones is 1. The summed E-state index contributed by atoms with van der Waals surface area (Å²) in [5, 5.41) is 2.99. The van der Waals surface area contributed by atoms with Crippen molar-refractivity contribution in [1.82, 2.24) is 5.32 Å². The van der Waals surface area contributed by atoms with E-state index in [0.717, 1.165) is 11.5 Å². The highest BCUT2D eigenvalue weighted by molar-refractivity contribution is 6.04. The lowest BCUT2D eigenvalue weighted by atomic mass is 10.1. The van der Waals surface area contributed by atoms with E-state index in [1.54, 1.807) is 43.8 Å². The summed E-state index contributed by atoms with van der Waals surface area (Å²) in [7, 11) is 1.59. The third-order valence-corrected chi connectivity index (χ3v) is 2.58. The van der Waals surface area contributed by atoms with E-state index in [2.05, 4.69) is 5.32 Å². The monoisotopic (exact) mass is 257 g/mol. The molecular weight excluding hydrogens is 242 g/mol. The second-order valence-corrected chi connectivity index (χ2v) is 3.89. The molecule has 4 heteroatoms. The molecule has 2 aromatic rings. The maximum atomic E-state index is 11.8. The van der Waals surface area contributed by atoms with Gasteiger partial charge in [0.2, 0.25) is 0 Å². The fourth-order valence-electron chi connectivity index (χ4n) is 1.56. The van der Waals surface area contributed by atoms with Gasteiger partial charge in [-0.15, -0.1) is 0 Å². The number of methoxy groups -OCH3 is 1. The lowest BCUT2D eigenvalue weighted by molar-refractivity contribution is 0.104. The standard InChI is InChI=1S/C15H15NO3/c1-18-13-6-4-12(5-7-13)15(17)8-9-16-11-14-3-2-10-19-14/h2-10,16H,11H2,1H3/b9-8+. The first-order valence-corrected chi connectivity index (χ1v) is 5.90. The number of rotatable bonds is 6. The van der Waals surface area contributed by atoms with Gasteiger partial charge in [-0.25, -0.2) is 0 Å². The van der Waals surface area contributed by atoms with Crippen LogP contribution in [0.4, 0.5) is 0 Å². The average molecular weight is 257 g/mol. The van der Waals surface area contributed by atoms with Gasteiger partial charge in [0.15, 0.2) is 5.78 Å². The SMILES string of the molecule is COc1ccc(C(=O)/C=C/NCc2ccco2)cc1. The molecule has 19 heavy (non-hydrogen) atoms. The molecule has 0 aliphatic heterocycles. The Hall–Kier alpha value is -2.49. The minimum absolute atomic E-state index is 0.0606. The molecule has 0 aliphatic carbocycles. The molecule has 0 bridgehead atoms. The molecule has 4 nitrogen and oxygen atoms in total. The summed E-state index contributed by atoms with van der Waals surface area (Å²) in [6.07, 6.45) is 4.73. The topological polar surface area (TPSA) is 51.5 Å². The van der Waals surface area contributed by atoms with E-state index in [1.165, 1.54) is 6.08 Å². The van der Waals surface area contributed by atoms with E-state index >= 15 is 0 Å². The molecule has 1 aromatic heterocycles. The van der Waals surface area contributed by atoms with Crippen LogP contribution in [0.15, 0.2) is 59.4 Å². The van der Waals surface area contributed by atoms with Crippen molar-refractivity contribution in [2.24, 2.45) is 0 Å². The number of nitrogens with one attached hydrogen (secondary N) is 1. The number of hydrogen-bond donors (Lipinski definition) is 1. The smallest absolute Gasteiger partial charge is 0.187 e. The van der Waals surface area contributed by atoms with Gasteiger partial charge in [0.05, 0.1) is 19.9 Å². The molecule has 0 radical (unpaired) electrons. The first-order valence-electron chi connectivity index (χ1n) is 5.90. The summed E-state index contributed by atoms with van der Waals surface area (Å²) in [4.78, 5) is 11.8. The molecule has 0 spiro atoms. The fourth-order valence-corrected chi connectivity index (χ4v) is 1.56. The molecule has 0 saturated heterocycles. The zero-order valence-electron chi connectivity index (χ0n) is 10.6. The van der Waals surface area contributed by atoms with Crippen molar-refractivity contribution < 1.29 is 13.9 Å². The lowest BCUT2D eigenvalue weighted by Crippen LogP contribution is -2.05. The fraction of sp³-hybridized carbons (Fsp3) is 0.133. The van der Waals surface area contributed by atoms with Crippen molar-refractivity contribution >= 4 is 5.78 Å². The van der Waals surface area contributed by atoms with E-state index in [-0.39, 0.29) is 5.78 Å². The molecule has 2 rings (SSSR count). The third-order valence-electron chi connectivity index (χ3n) is 2.58. The number of carbonyl (C=O) groups excluding carboxylic acids is 1. The number of benzene rings is 1. The Morgan fingerprint density at radius 2 is 2.11 bits per heavy atom. The van der Waals surface area contributed by atoms with Crippen molar-refractivity contribution in [2.75, 3.05) is 7.11 Å². The minimum Gasteiger partial charge on any atom is -0.497 e. The predicted molar refractivity (Wildman–Crippen MR) is 72.0 cm³/mol. The number of furan rings is 1. The van der Waals surface area contributed by atoms with Crippen LogP contribution in [-0.4, -0.2) is 12.9 Å². The Balaban J connectivity index is 1.85. The Kier molecular flexibility index (Phi) is 4.39. The molecule has 1 N–H and O–H groups in total. The van der Waals surface area contributed by atoms with Crippen LogP contribution in [0.5, 0.6) is 5.75 Å². The third kappa shape index (κ3) is 3.74. The van der Waals surface area contributed by atoms with E-state index in [0.29, 0.717) is 12.1 Å². The number of hydrogen-bond acceptors (Lipinski definition) is 4. The normalized spacial score (nSPS) is 10.6. The largest absolute Gasteiger partial charge is 0.497 e. The van der Waals surface area contributed by atoms with Gasteiger partial charge in [0, 0.05) is 17.8 Å². The van der Waals surface area contributed by atoms with Crippen molar-refractivity contribution in [2.45, 2.75) is 6.54 Å². The highest BCUT2D eigenvalue weighted by Crippen LogP contribution is 2.11. The first kappa shape index (κ1) is 13.0. The van der Waals surface area contributed by atoms with Gasteiger partial charge in [-0.1, -0.05) is 0 Å². The van der Waals surface area contributed by atoms with Crippen molar-refractivity contribution in [3.8, 4) is 5.75 Å². The second kappa shape index (κ2) is 6.44. The molecular formula is C15H15NO3. The van der Waals surface area contributed by atoms with Crippen LogP contribution < -0.4 is 10.1 Å². The highest BCUT2D eigenvalue weighted by Gasteiger charge is 2.01. The van der Waals surface area contributed by atoms with Crippen LogP contribution in [-0.2, 0) is 6.54 Å². The maximum absolute atomic E-state index is 11.8. The molecule has 0 aliphatic rings. The van der Waals surface area contributed by atoms with Gasteiger partial charge in [-0.3, -0.25) is 4.79 Å². The summed E-state index contributed by atoms with van der Waals surface area (Å²) < 4.78 is 10.2. The predicted octanol–water partition coefficient (Wildman–Crippen LogP) is 2.77. The maximum Gasteiger partial charge on any atom is 0.187 e. The average Bonchev–Trinajstić information content (AvgIpc) is 2.96. The molecule has 0 fully saturated rings. The van der Waals surface area contributed by atoms with Crippen LogP contribution in [0.1, 0.15) is 16.1 Å². The summed E-state index contributed by atoms with van der Waals surface area (Å²) >= 11 is 0. The molecule has 0 amide bonds. The summed E-state index contributed by atoms with van der Waals surface area (Å²) in [5.41, 5.74) is 0.622.